The first-order valence-electron chi connectivity index (χ1n) is 11.3. The zero-order chi connectivity index (χ0) is 27.2. The van der Waals surface area contributed by atoms with Gasteiger partial charge in [-0.25, -0.2) is 18.8 Å². The van der Waals surface area contributed by atoms with Crippen molar-refractivity contribution in [3.63, 3.8) is 0 Å². The van der Waals surface area contributed by atoms with Crippen LogP contribution in [-0.2, 0) is 15.1 Å². The third kappa shape index (κ3) is 6.46. The highest BCUT2D eigenvalue weighted by molar-refractivity contribution is 8.15. The Morgan fingerprint density at radius 1 is 1.32 bits per heavy atom. The summed E-state index contributed by atoms with van der Waals surface area (Å²) in [6.07, 6.45) is 4.29. The zero-order valence-electron chi connectivity index (χ0n) is 20.6. The highest BCUT2D eigenvalue weighted by Crippen LogP contribution is 2.51. The molecule has 1 aliphatic heterocycles. The molecule has 2 aromatic rings. The molecule has 8 nitrogen and oxygen atoms in total. The van der Waals surface area contributed by atoms with Gasteiger partial charge in [-0.2, -0.15) is 0 Å². The first-order valence-corrected chi connectivity index (χ1v) is 12.5. The van der Waals surface area contributed by atoms with Crippen molar-refractivity contribution >= 4 is 46.0 Å². The summed E-state index contributed by atoms with van der Waals surface area (Å²) in [6.45, 7) is 3.12. The average Bonchev–Trinajstić information content (AvgIpc) is 2.87. The van der Waals surface area contributed by atoms with Gasteiger partial charge in [-0.1, -0.05) is 36.4 Å². The average molecular weight is 552 g/mol. The largest absolute Gasteiger partial charge is 0.383 e. The number of amidine groups is 1. The number of aromatic nitrogens is 1. The Kier molecular flexibility index (Phi) is 9.27. The normalized spacial score (nSPS) is 23.5. The number of rotatable bonds is 9. The summed E-state index contributed by atoms with van der Waals surface area (Å²) in [6, 6.07) is 6.79. The minimum absolute atomic E-state index is 0.0434. The third-order valence-corrected chi connectivity index (χ3v) is 7.69. The van der Waals surface area contributed by atoms with Crippen molar-refractivity contribution in [3.8, 4) is 0 Å². The Bertz CT molecular complexity index is 1210. The number of nitrogens with zero attached hydrogens (tertiary/aromatic N) is 2. The number of nitrogens with one attached hydrogen (secondary N) is 2. The Labute approximate surface area is 223 Å². The van der Waals surface area contributed by atoms with Crippen molar-refractivity contribution in [3.05, 3.63) is 70.8 Å². The lowest BCUT2D eigenvalue weighted by Gasteiger charge is -2.46. The topological polar surface area (TPSA) is 119 Å². The number of amides is 2. The molecule has 2 heterocycles. The summed E-state index contributed by atoms with van der Waals surface area (Å²) < 4.78 is 34.1. The number of hydrogen-bond donors (Lipinski definition) is 3. The van der Waals surface area contributed by atoms with Crippen LogP contribution in [0, 0.1) is 11.7 Å². The fourth-order valence-electron chi connectivity index (χ4n) is 4.01. The SMILES string of the molecule is COCCNC(=O)/C=C/[C@@]1(C)SC(N)=N[C@](CF)(c2cc(NC(=O)c3ccc(Cl)cn3)ccc2F)[C@@H]1C. The van der Waals surface area contributed by atoms with Crippen LogP contribution in [0.5, 0.6) is 0 Å². The molecule has 4 N–H and O–H groups in total. The van der Waals surface area contributed by atoms with Crippen LogP contribution in [-0.4, -0.2) is 53.6 Å². The fraction of sp³-hybridized carbons (Fsp3) is 0.360. The van der Waals surface area contributed by atoms with Gasteiger partial charge in [-0.3, -0.25) is 9.59 Å². The number of thioether (sulfide) groups is 1. The number of carbonyl (C=O) groups excluding carboxylic acids is 2. The Morgan fingerprint density at radius 2 is 2.08 bits per heavy atom. The van der Waals surface area contributed by atoms with Gasteiger partial charge in [-0.15, -0.1) is 0 Å². The molecule has 0 radical (unpaired) electrons. The van der Waals surface area contributed by atoms with Gasteiger partial charge in [0, 0.05) is 47.8 Å². The number of methoxy groups -OCH3 is 1. The summed E-state index contributed by atoms with van der Waals surface area (Å²) in [5.74, 6) is -2.27. The van der Waals surface area contributed by atoms with Crippen LogP contribution in [0.25, 0.3) is 0 Å². The zero-order valence-corrected chi connectivity index (χ0v) is 22.1. The second-order valence-electron chi connectivity index (χ2n) is 8.64. The van der Waals surface area contributed by atoms with Crippen LogP contribution in [0.4, 0.5) is 14.5 Å². The molecule has 0 unspecified atom stereocenters. The van der Waals surface area contributed by atoms with Crippen molar-refractivity contribution < 1.29 is 23.1 Å². The molecule has 2 amide bonds. The summed E-state index contributed by atoms with van der Waals surface area (Å²) in [4.78, 5) is 33.2. The summed E-state index contributed by atoms with van der Waals surface area (Å²) in [7, 11) is 1.52. The third-order valence-electron chi connectivity index (χ3n) is 6.24. The number of carbonyl (C=O) groups is 2. The minimum Gasteiger partial charge on any atom is -0.383 e. The van der Waals surface area contributed by atoms with Crippen molar-refractivity contribution in [2.24, 2.45) is 16.6 Å². The number of benzene rings is 1. The van der Waals surface area contributed by atoms with Gasteiger partial charge in [0.1, 0.15) is 23.7 Å². The van der Waals surface area contributed by atoms with E-state index in [1.165, 1.54) is 43.6 Å². The number of halogens is 3. The maximum atomic E-state index is 15.2. The molecule has 0 fully saturated rings. The van der Waals surface area contributed by atoms with E-state index >= 15 is 4.39 Å². The van der Waals surface area contributed by atoms with Gasteiger partial charge in [0.15, 0.2) is 5.17 Å². The van der Waals surface area contributed by atoms with Crippen LogP contribution >= 0.6 is 23.4 Å². The molecule has 12 heteroatoms. The van der Waals surface area contributed by atoms with E-state index in [-0.39, 0.29) is 28.0 Å². The van der Waals surface area contributed by atoms with Gasteiger partial charge < -0.3 is 21.1 Å². The van der Waals surface area contributed by atoms with E-state index in [1.807, 2.05) is 0 Å². The van der Waals surface area contributed by atoms with Crippen molar-refractivity contribution in [1.29, 1.82) is 0 Å². The second-order valence-corrected chi connectivity index (χ2v) is 10.6. The predicted molar refractivity (Wildman–Crippen MR) is 142 cm³/mol. The lowest BCUT2D eigenvalue weighted by Crippen LogP contribution is -2.50. The van der Waals surface area contributed by atoms with Crippen LogP contribution < -0.4 is 16.4 Å². The van der Waals surface area contributed by atoms with Gasteiger partial charge in [0.05, 0.1) is 11.6 Å². The fourth-order valence-corrected chi connectivity index (χ4v) is 5.29. The number of alkyl halides is 1. The van der Waals surface area contributed by atoms with E-state index in [0.717, 1.165) is 17.8 Å². The monoisotopic (exact) mass is 551 g/mol. The Balaban J connectivity index is 1.94. The first-order chi connectivity index (χ1) is 17.5. The number of anilines is 1. The predicted octanol–water partition coefficient (Wildman–Crippen LogP) is 4.07. The molecule has 0 bridgehead atoms. The summed E-state index contributed by atoms with van der Waals surface area (Å²) >= 11 is 6.98. The summed E-state index contributed by atoms with van der Waals surface area (Å²) in [5.41, 5.74) is 4.65. The smallest absolute Gasteiger partial charge is 0.274 e. The number of nitrogens with two attached hydrogens (primary N) is 1. The van der Waals surface area contributed by atoms with E-state index in [2.05, 4.69) is 20.6 Å². The maximum Gasteiger partial charge on any atom is 0.274 e. The van der Waals surface area contributed by atoms with Gasteiger partial charge in [0.25, 0.3) is 5.91 Å². The molecule has 37 heavy (non-hydrogen) atoms. The van der Waals surface area contributed by atoms with Crippen molar-refractivity contribution in [2.75, 3.05) is 32.3 Å². The number of pyridine rings is 1. The van der Waals surface area contributed by atoms with Crippen LogP contribution in [0.3, 0.4) is 0 Å². The molecule has 1 aliphatic rings. The number of aliphatic imine (C=N–C) groups is 1. The first kappa shape index (κ1) is 28.5. The molecular weight excluding hydrogens is 524 g/mol. The molecule has 3 atom stereocenters. The number of hydrogen-bond acceptors (Lipinski definition) is 7. The lowest BCUT2D eigenvalue weighted by atomic mass is 9.73. The maximum absolute atomic E-state index is 15.2. The van der Waals surface area contributed by atoms with Crippen molar-refractivity contribution in [1.82, 2.24) is 10.3 Å². The summed E-state index contributed by atoms with van der Waals surface area (Å²) in [5, 5.41) is 5.73. The van der Waals surface area contributed by atoms with Gasteiger partial charge in [-0.05, 0) is 37.3 Å². The van der Waals surface area contributed by atoms with Gasteiger partial charge >= 0.3 is 0 Å². The van der Waals surface area contributed by atoms with E-state index in [9.17, 15) is 14.0 Å². The second kappa shape index (κ2) is 12.0. The van der Waals surface area contributed by atoms with Gasteiger partial charge in [0.2, 0.25) is 5.91 Å². The molecule has 1 aromatic heterocycles. The van der Waals surface area contributed by atoms with Crippen LogP contribution in [0.15, 0.2) is 53.7 Å². The van der Waals surface area contributed by atoms with E-state index in [0.29, 0.717) is 18.2 Å². The van der Waals surface area contributed by atoms with E-state index < -0.39 is 34.6 Å². The van der Waals surface area contributed by atoms with E-state index in [4.69, 9.17) is 22.1 Å². The molecule has 0 aliphatic carbocycles. The minimum atomic E-state index is -1.70. The highest BCUT2D eigenvalue weighted by Gasteiger charge is 2.52. The standard InChI is InChI=1S/C25H28ClF2N5O3S/c1-15-24(2,9-8-21(34)30-10-11-36-3)37-23(29)33-25(15,14-27)18-12-17(5-6-19(18)28)32-22(35)20-7-4-16(26)13-31-20/h4-9,12-13,15H,10-11,14H2,1-3H3,(H2,29,33)(H,30,34)(H,32,35)/b9-8+/t15-,24-,25+/m1/s1. The Hall–Kier alpha value is -3.02. The quantitative estimate of drug-likeness (QED) is 0.319. The molecular formula is C25H28ClF2N5O3S. The number of ether oxygens (including phenoxy) is 1. The van der Waals surface area contributed by atoms with Crippen molar-refractivity contribution in [2.45, 2.75) is 24.1 Å². The van der Waals surface area contributed by atoms with Crippen LogP contribution in [0.1, 0.15) is 29.9 Å². The lowest BCUT2D eigenvalue weighted by molar-refractivity contribution is -0.116. The van der Waals surface area contributed by atoms with E-state index in [1.54, 1.807) is 19.9 Å². The van der Waals surface area contributed by atoms with Crippen LogP contribution in [0.2, 0.25) is 5.02 Å². The molecule has 0 saturated carbocycles. The molecule has 0 spiro atoms. The molecule has 3 rings (SSSR count). The highest BCUT2D eigenvalue weighted by atomic mass is 35.5. The molecule has 198 valence electrons. The molecule has 0 saturated heterocycles. The Morgan fingerprint density at radius 3 is 2.73 bits per heavy atom. The molecule has 1 aromatic carbocycles.